The molecule has 1 N–H and O–H groups in total. The number of morpholine rings is 1. The fourth-order valence-corrected chi connectivity index (χ4v) is 1.99. The molecule has 1 fully saturated rings. The number of hydrogen-bond acceptors (Lipinski definition) is 2. The van der Waals surface area contributed by atoms with Gasteiger partial charge in [0, 0.05) is 6.54 Å². The second kappa shape index (κ2) is 4.11. The van der Waals surface area contributed by atoms with Crippen LogP contribution in [0.25, 0.3) is 0 Å². The molecule has 76 valence electrons. The van der Waals surface area contributed by atoms with Crippen molar-refractivity contribution in [3.05, 3.63) is 34.9 Å². The minimum atomic E-state index is 0.377. The van der Waals surface area contributed by atoms with Gasteiger partial charge in [0.2, 0.25) is 0 Å². The summed E-state index contributed by atoms with van der Waals surface area (Å²) in [4.78, 5) is 0. The van der Waals surface area contributed by atoms with Gasteiger partial charge < -0.3 is 10.1 Å². The van der Waals surface area contributed by atoms with Gasteiger partial charge in [0.05, 0.1) is 19.3 Å². The Morgan fingerprint density at radius 1 is 1.21 bits per heavy atom. The second-order valence-electron chi connectivity index (χ2n) is 4.00. The molecule has 1 aliphatic heterocycles. The number of hydrogen-bond donors (Lipinski definition) is 1. The van der Waals surface area contributed by atoms with Crippen LogP contribution in [0.15, 0.2) is 18.2 Å². The third-order valence-corrected chi connectivity index (χ3v) is 2.57. The van der Waals surface area contributed by atoms with Gasteiger partial charge in [-0.05, 0) is 19.4 Å². The van der Waals surface area contributed by atoms with Gasteiger partial charge in [-0.1, -0.05) is 29.3 Å². The Morgan fingerprint density at radius 2 is 1.93 bits per heavy atom. The van der Waals surface area contributed by atoms with Crippen LogP contribution >= 0.6 is 0 Å². The highest BCUT2D eigenvalue weighted by Crippen LogP contribution is 2.18. The topological polar surface area (TPSA) is 21.3 Å². The minimum absolute atomic E-state index is 0.377. The molecule has 0 saturated carbocycles. The molecule has 1 atom stereocenters. The van der Waals surface area contributed by atoms with Crippen LogP contribution in [-0.4, -0.2) is 19.8 Å². The molecule has 1 unspecified atom stereocenters. The van der Waals surface area contributed by atoms with E-state index in [1.54, 1.807) is 0 Å². The third-order valence-electron chi connectivity index (χ3n) is 2.57. The van der Waals surface area contributed by atoms with Crippen molar-refractivity contribution in [1.29, 1.82) is 0 Å². The predicted molar refractivity (Wildman–Crippen MR) is 57.5 cm³/mol. The van der Waals surface area contributed by atoms with Crippen LogP contribution in [0, 0.1) is 13.8 Å². The Kier molecular flexibility index (Phi) is 2.85. The molecule has 0 aliphatic carbocycles. The van der Waals surface area contributed by atoms with E-state index in [-0.39, 0.29) is 0 Å². The molecule has 1 saturated heterocycles. The largest absolute Gasteiger partial charge is 0.378 e. The van der Waals surface area contributed by atoms with Crippen molar-refractivity contribution in [2.45, 2.75) is 19.9 Å². The maximum Gasteiger partial charge on any atom is 0.0662 e. The van der Waals surface area contributed by atoms with E-state index in [4.69, 9.17) is 4.74 Å². The summed E-state index contributed by atoms with van der Waals surface area (Å²) >= 11 is 0. The Labute approximate surface area is 85.3 Å². The van der Waals surface area contributed by atoms with Gasteiger partial charge in [-0.2, -0.15) is 0 Å². The number of nitrogens with one attached hydrogen (secondary N) is 1. The molecule has 1 aromatic rings. The van der Waals surface area contributed by atoms with E-state index in [9.17, 15) is 0 Å². The van der Waals surface area contributed by atoms with Crippen LogP contribution in [0.2, 0.25) is 0 Å². The molecule has 0 bridgehead atoms. The first-order valence-corrected chi connectivity index (χ1v) is 5.15. The lowest BCUT2D eigenvalue weighted by atomic mass is 10.0. The first-order chi connectivity index (χ1) is 6.75. The van der Waals surface area contributed by atoms with Crippen LogP contribution in [0.4, 0.5) is 0 Å². The average molecular weight is 191 g/mol. The SMILES string of the molecule is Cc1cc(C)cc(C2COCCN2)c1. The quantitative estimate of drug-likeness (QED) is 0.732. The van der Waals surface area contributed by atoms with E-state index in [0.717, 1.165) is 19.8 Å². The van der Waals surface area contributed by atoms with Crippen molar-refractivity contribution in [3.8, 4) is 0 Å². The van der Waals surface area contributed by atoms with E-state index in [1.807, 2.05) is 0 Å². The lowest BCUT2D eigenvalue weighted by Crippen LogP contribution is -2.34. The van der Waals surface area contributed by atoms with Crippen LogP contribution in [0.5, 0.6) is 0 Å². The van der Waals surface area contributed by atoms with Crippen molar-refractivity contribution in [2.24, 2.45) is 0 Å². The molecule has 2 heteroatoms. The summed E-state index contributed by atoms with van der Waals surface area (Å²) in [5, 5.41) is 3.46. The lowest BCUT2D eigenvalue weighted by Gasteiger charge is -2.24. The van der Waals surface area contributed by atoms with Gasteiger partial charge in [0.15, 0.2) is 0 Å². The second-order valence-corrected chi connectivity index (χ2v) is 4.00. The van der Waals surface area contributed by atoms with Crippen molar-refractivity contribution in [3.63, 3.8) is 0 Å². The summed E-state index contributed by atoms with van der Waals surface area (Å²) in [6, 6.07) is 7.05. The van der Waals surface area contributed by atoms with Crippen molar-refractivity contribution in [1.82, 2.24) is 5.32 Å². The Hall–Kier alpha value is -0.860. The molecule has 0 radical (unpaired) electrons. The summed E-state index contributed by atoms with van der Waals surface area (Å²) in [6.07, 6.45) is 0. The van der Waals surface area contributed by atoms with Crippen LogP contribution in [0.1, 0.15) is 22.7 Å². The number of rotatable bonds is 1. The zero-order valence-corrected chi connectivity index (χ0v) is 8.84. The predicted octanol–water partition coefficient (Wildman–Crippen LogP) is 1.96. The van der Waals surface area contributed by atoms with E-state index in [0.29, 0.717) is 6.04 Å². The highest BCUT2D eigenvalue weighted by Gasteiger charge is 2.15. The standard InChI is InChI=1S/C12H17NO/c1-9-5-10(2)7-11(6-9)12-8-14-4-3-13-12/h5-7,12-13H,3-4,8H2,1-2H3. The summed E-state index contributed by atoms with van der Waals surface area (Å²) in [5.74, 6) is 0. The van der Waals surface area contributed by atoms with Gasteiger partial charge in [0.1, 0.15) is 0 Å². The molecule has 0 aromatic heterocycles. The number of ether oxygens (including phenoxy) is 1. The van der Waals surface area contributed by atoms with Gasteiger partial charge in [-0.15, -0.1) is 0 Å². The van der Waals surface area contributed by atoms with Crippen LogP contribution in [-0.2, 0) is 4.74 Å². The van der Waals surface area contributed by atoms with Crippen molar-refractivity contribution < 1.29 is 4.74 Å². The zero-order valence-electron chi connectivity index (χ0n) is 8.84. The minimum Gasteiger partial charge on any atom is -0.378 e. The number of benzene rings is 1. The zero-order chi connectivity index (χ0) is 9.97. The molecular weight excluding hydrogens is 174 g/mol. The Morgan fingerprint density at radius 3 is 2.50 bits per heavy atom. The Bertz CT molecular complexity index is 296. The van der Waals surface area contributed by atoms with Gasteiger partial charge in [-0.3, -0.25) is 0 Å². The lowest BCUT2D eigenvalue weighted by molar-refractivity contribution is 0.0768. The first kappa shape index (κ1) is 9.69. The molecule has 1 aliphatic rings. The summed E-state index contributed by atoms with van der Waals surface area (Å²) < 4.78 is 5.45. The molecule has 2 rings (SSSR count). The summed E-state index contributed by atoms with van der Waals surface area (Å²) in [6.45, 7) is 6.86. The fourth-order valence-electron chi connectivity index (χ4n) is 1.99. The maximum atomic E-state index is 5.45. The van der Waals surface area contributed by atoms with Gasteiger partial charge in [0.25, 0.3) is 0 Å². The Balaban J connectivity index is 2.21. The van der Waals surface area contributed by atoms with Crippen molar-refractivity contribution >= 4 is 0 Å². The van der Waals surface area contributed by atoms with E-state index < -0.39 is 0 Å². The average Bonchev–Trinajstić information content (AvgIpc) is 2.18. The molecule has 1 aromatic carbocycles. The fraction of sp³-hybridized carbons (Fsp3) is 0.500. The molecule has 0 amide bonds. The third kappa shape index (κ3) is 2.14. The first-order valence-electron chi connectivity index (χ1n) is 5.15. The molecule has 1 heterocycles. The highest BCUT2D eigenvalue weighted by atomic mass is 16.5. The van der Waals surface area contributed by atoms with Crippen molar-refractivity contribution in [2.75, 3.05) is 19.8 Å². The van der Waals surface area contributed by atoms with E-state index >= 15 is 0 Å². The molecule has 0 spiro atoms. The maximum absolute atomic E-state index is 5.45. The number of aryl methyl sites for hydroxylation is 2. The van der Waals surface area contributed by atoms with Crippen LogP contribution in [0.3, 0.4) is 0 Å². The normalized spacial score (nSPS) is 22.3. The van der Waals surface area contributed by atoms with E-state index in [2.05, 4.69) is 37.4 Å². The summed E-state index contributed by atoms with van der Waals surface area (Å²) in [5.41, 5.74) is 4.00. The molecule has 2 nitrogen and oxygen atoms in total. The smallest absolute Gasteiger partial charge is 0.0662 e. The van der Waals surface area contributed by atoms with Crippen LogP contribution < -0.4 is 5.32 Å². The summed E-state index contributed by atoms with van der Waals surface area (Å²) in [7, 11) is 0. The van der Waals surface area contributed by atoms with Gasteiger partial charge >= 0.3 is 0 Å². The van der Waals surface area contributed by atoms with E-state index in [1.165, 1.54) is 16.7 Å². The molecule has 14 heavy (non-hydrogen) atoms. The van der Waals surface area contributed by atoms with Gasteiger partial charge in [-0.25, -0.2) is 0 Å². The molecular formula is C12H17NO. The highest BCUT2D eigenvalue weighted by molar-refractivity contribution is 5.30. The monoisotopic (exact) mass is 191 g/mol.